The minimum Gasteiger partial charge on any atom is -0.496 e. The van der Waals surface area contributed by atoms with Gasteiger partial charge in [0.15, 0.2) is 0 Å². The zero-order valence-corrected chi connectivity index (χ0v) is 7.73. The predicted molar refractivity (Wildman–Crippen MR) is 48.9 cm³/mol. The Balaban J connectivity index is 1.89. The van der Waals surface area contributed by atoms with E-state index >= 15 is 0 Å². The molecule has 1 unspecified atom stereocenters. The summed E-state index contributed by atoms with van der Waals surface area (Å²) in [6, 6.07) is 0. The van der Waals surface area contributed by atoms with Crippen molar-refractivity contribution in [1.29, 1.82) is 0 Å². The average molecular weight is 180 g/mol. The van der Waals surface area contributed by atoms with E-state index in [1.807, 2.05) is 6.26 Å². The number of aliphatic hydroxyl groups is 1. The van der Waals surface area contributed by atoms with E-state index in [0.29, 0.717) is 11.8 Å². The van der Waals surface area contributed by atoms with E-state index in [4.69, 9.17) is 4.74 Å². The van der Waals surface area contributed by atoms with Gasteiger partial charge in [-0.05, 0) is 43.1 Å². The molecule has 2 bridgehead atoms. The molecule has 1 N–H and O–H groups in total. The van der Waals surface area contributed by atoms with Crippen LogP contribution in [-0.2, 0) is 4.74 Å². The van der Waals surface area contributed by atoms with Crippen LogP contribution in [0.3, 0.4) is 0 Å². The first kappa shape index (κ1) is 7.86. The first-order valence-corrected chi connectivity index (χ1v) is 5.33. The van der Waals surface area contributed by atoms with E-state index in [1.54, 1.807) is 0 Å². The normalized spacial score (nSPS) is 51.9. The summed E-state index contributed by atoms with van der Waals surface area (Å²) >= 11 is 0. The lowest BCUT2D eigenvalue weighted by Crippen LogP contribution is -2.37. The van der Waals surface area contributed by atoms with E-state index in [1.165, 1.54) is 19.3 Å². The fourth-order valence-electron chi connectivity index (χ4n) is 3.71. The van der Waals surface area contributed by atoms with E-state index in [-0.39, 0.29) is 12.7 Å². The molecule has 2 heteroatoms. The Bertz CT molecular complexity index is 236. The van der Waals surface area contributed by atoms with Crippen LogP contribution in [0.15, 0.2) is 12.3 Å². The van der Waals surface area contributed by atoms with Crippen LogP contribution >= 0.6 is 0 Å². The second-order valence-corrected chi connectivity index (χ2v) is 4.67. The minimum atomic E-state index is 0.0882. The molecule has 0 saturated heterocycles. The topological polar surface area (TPSA) is 29.5 Å². The van der Waals surface area contributed by atoms with Crippen LogP contribution in [0, 0.1) is 23.7 Å². The highest BCUT2D eigenvalue weighted by Gasteiger charge is 2.51. The first-order chi connectivity index (χ1) is 6.40. The maximum absolute atomic E-state index is 9.21. The van der Waals surface area contributed by atoms with Crippen molar-refractivity contribution < 1.29 is 9.84 Å². The molecule has 2 aliphatic carbocycles. The van der Waals surface area contributed by atoms with Crippen LogP contribution in [0.5, 0.6) is 0 Å². The molecular formula is C11H16O2. The van der Waals surface area contributed by atoms with Crippen molar-refractivity contribution in [2.24, 2.45) is 23.7 Å². The van der Waals surface area contributed by atoms with Crippen molar-refractivity contribution in [3.63, 3.8) is 0 Å². The standard InChI is InChI=1S/C11H16O2/c12-6-10-11-8-2-1-7(5-8)9(11)3-4-13-10/h3-4,7-12H,1-2,5-6H2/t7-,8+,9+,10-,11?/m1/s1. The molecule has 0 amide bonds. The molecular weight excluding hydrogens is 164 g/mol. The second-order valence-electron chi connectivity index (χ2n) is 4.67. The third-order valence-corrected chi connectivity index (χ3v) is 4.21. The van der Waals surface area contributed by atoms with Gasteiger partial charge in [-0.2, -0.15) is 0 Å². The Hall–Kier alpha value is -0.500. The van der Waals surface area contributed by atoms with Gasteiger partial charge in [-0.15, -0.1) is 0 Å². The summed E-state index contributed by atoms with van der Waals surface area (Å²) in [5.74, 6) is 3.06. The summed E-state index contributed by atoms with van der Waals surface area (Å²) in [6.45, 7) is 0.189. The van der Waals surface area contributed by atoms with Crippen molar-refractivity contribution in [2.45, 2.75) is 25.4 Å². The van der Waals surface area contributed by atoms with Gasteiger partial charge < -0.3 is 9.84 Å². The molecule has 0 aromatic carbocycles. The van der Waals surface area contributed by atoms with Crippen molar-refractivity contribution in [3.8, 4) is 0 Å². The minimum absolute atomic E-state index is 0.0882. The van der Waals surface area contributed by atoms with Gasteiger partial charge in [0.05, 0.1) is 12.9 Å². The maximum atomic E-state index is 9.21. The lowest BCUT2D eigenvalue weighted by molar-refractivity contribution is -0.0158. The van der Waals surface area contributed by atoms with Crippen molar-refractivity contribution in [2.75, 3.05) is 6.61 Å². The number of fused-ring (bicyclic) bond motifs is 5. The van der Waals surface area contributed by atoms with Crippen LogP contribution in [0.4, 0.5) is 0 Å². The summed E-state index contributed by atoms with van der Waals surface area (Å²) in [7, 11) is 0. The molecule has 3 rings (SSSR count). The summed E-state index contributed by atoms with van der Waals surface area (Å²) in [5, 5.41) is 9.21. The van der Waals surface area contributed by atoms with Gasteiger partial charge in [0.1, 0.15) is 6.10 Å². The zero-order valence-electron chi connectivity index (χ0n) is 7.73. The highest BCUT2D eigenvalue weighted by atomic mass is 16.5. The van der Waals surface area contributed by atoms with Gasteiger partial charge in [0.2, 0.25) is 0 Å². The van der Waals surface area contributed by atoms with Crippen molar-refractivity contribution in [3.05, 3.63) is 12.3 Å². The highest BCUT2D eigenvalue weighted by Crippen LogP contribution is 2.55. The monoisotopic (exact) mass is 180 g/mol. The van der Waals surface area contributed by atoms with Gasteiger partial charge in [-0.1, -0.05) is 0 Å². The van der Waals surface area contributed by atoms with E-state index in [2.05, 4.69) is 6.08 Å². The summed E-state index contributed by atoms with van der Waals surface area (Å²) in [5.41, 5.74) is 0. The molecule has 0 aromatic rings. The number of ether oxygens (including phenoxy) is 1. The summed E-state index contributed by atoms with van der Waals surface area (Å²) in [6.07, 6.45) is 8.25. The Morgan fingerprint density at radius 2 is 2.15 bits per heavy atom. The molecule has 1 heterocycles. The lowest BCUT2D eigenvalue weighted by atomic mass is 9.75. The van der Waals surface area contributed by atoms with Gasteiger partial charge >= 0.3 is 0 Å². The predicted octanol–water partition coefficient (Wildman–Crippen LogP) is 1.55. The number of aliphatic hydroxyl groups excluding tert-OH is 1. The molecule has 1 aliphatic heterocycles. The smallest absolute Gasteiger partial charge is 0.124 e. The van der Waals surface area contributed by atoms with Gasteiger partial charge in [0, 0.05) is 5.92 Å². The van der Waals surface area contributed by atoms with Crippen LogP contribution in [0.25, 0.3) is 0 Å². The zero-order chi connectivity index (χ0) is 8.84. The molecule has 5 atom stereocenters. The maximum Gasteiger partial charge on any atom is 0.124 e. The van der Waals surface area contributed by atoms with Gasteiger partial charge in [-0.3, -0.25) is 0 Å². The summed E-state index contributed by atoms with van der Waals surface area (Å²) in [4.78, 5) is 0. The van der Waals surface area contributed by atoms with Crippen LogP contribution in [-0.4, -0.2) is 17.8 Å². The number of hydrogen-bond acceptors (Lipinski definition) is 2. The van der Waals surface area contributed by atoms with Gasteiger partial charge in [-0.25, -0.2) is 0 Å². The summed E-state index contributed by atoms with van der Waals surface area (Å²) < 4.78 is 5.46. The van der Waals surface area contributed by atoms with E-state index < -0.39 is 0 Å². The number of hydrogen-bond donors (Lipinski definition) is 1. The van der Waals surface area contributed by atoms with Crippen molar-refractivity contribution in [1.82, 2.24) is 0 Å². The van der Waals surface area contributed by atoms with E-state index in [9.17, 15) is 5.11 Å². The Morgan fingerprint density at radius 1 is 1.31 bits per heavy atom. The van der Waals surface area contributed by atoms with Gasteiger partial charge in [0.25, 0.3) is 0 Å². The molecule has 0 radical (unpaired) electrons. The largest absolute Gasteiger partial charge is 0.496 e. The molecule has 0 aromatic heterocycles. The lowest BCUT2D eigenvalue weighted by Gasteiger charge is -2.36. The Kier molecular flexibility index (Phi) is 1.66. The average Bonchev–Trinajstić information content (AvgIpc) is 2.77. The van der Waals surface area contributed by atoms with E-state index in [0.717, 1.165) is 11.8 Å². The fourth-order valence-corrected chi connectivity index (χ4v) is 3.71. The number of allylic oxidation sites excluding steroid dienone is 1. The van der Waals surface area contributed by atoms with Crippen LogP contribution in [0.1, 0.15) is 19.3 Å². The SMILES string of the molecule is OC[C@H]1OC=C[C@@H]2C1[C@H]1CC[C@@H]2C1. The highest BCUT2D eigenvalue weighted by molar-refractivity contribution is 5.08. The first-order valence-electron chi connectivity index (χ1n) is 5.33. The molecule has 13 heavy (non-hydrogen) atoms. The Morgan fingerprint density at radius 3 is 3.00 bits per heavy atom. The van der Waals surface area contributed by atoms with Crippen molar-refractivity contribution >= 4 is 0 Å². The number of rotatable bonds is 1. The van der Waals surface area contributed by atoms with Crippen LogP contribution in [0.2, 0.25) is 0 Å². The molecule has 0 spiro atoms. The fraction of sp³-hybridized carbons (Fsp3) is 0.818. The molecule has 3 aliphatic rings. The molecule has 72 valence electrons. The third kappa shape index (κ3) is 0.983. The Labute approximate surface area is 78.6 Å². The molecule has 2 nitrogen and oxygen atoms in total. The second kappa shape index (κ2) is 2.74. The van der Waals surface area contributed by atoms with Crippen LogP contribution < -0.4 is 0 Å². The molecule has 2 fully saturated rings. The third-order valence-electron chi connectivity index (χ3n) is 4.21. The molecule has 2 saturated carbocycles. The quantitative estimate of drug-likeness (QED) is 0.663.